The average molecular weight is 323 g/mol. The first-order chi connectivity index (χ1) is 10.3. The first-order valence-electron chi connectivity index (χ1n) is 7.01. The van der Waals surface area contributed by atoms with Crippen molar-refractivity contribution < 1.29 is 13.2 Å². The fourth-order valence-electron chi connectivity index (χ4n) is 2.82. The van der Waals surface area contributed by atoms with E-state index in [9.17, 15) is 18.0 Å². The van der Waals surface area contributed by atoms with Crippen LogP contribution in [0.2, 0.25) is 0 Å². The lowest BCUT2D eigenvalue weighted by molar-refractivity contribution is -0.132. The van der Waals surface area contributed by atoms with Gasteiger partial charge in [0.05, 0.1) is 30.1 Å². The van der Waals surface area contributed by atoms with Crippen LogP contribution in [0.5, 0.6) is 0 Å². The lowest BCUT2D eigenvalue weighted by atomic mass is 10.1. The summed E-state index contributed by atoms with van der Waals surface area (Å²) in [6.45, 7) is 2.31. The third-order valence-corrected chi connectivity index (χ3v) is 5.64. The molecule has 0 fully saturated rings. The fourth-order valence-corrected chi connectivity index (χ4v) is 4.22. The maximum Gasteiger partial charge on any atom is 0.258 e. The van der Waals surface area contributed by atoms with Crippen LogP contribution in [0.3, 0.4) is 0 Å². The summed E-state index contributed by atoms with van der Waals surface area (Å²) in [5.41, 5.74) is 1.07. The van der Waals surface area contributed by atoms with Crippen LogP contribution in [0.4, 0.5) is 0 Å². The second-order valence-electron chi connectivity index (χ2n) is 5.82. The Labute approximate surface area is 128 Å². The molecule has 0 saturated carbocycles. The number of fused-ring (bicyclic) bond motifs is 1. The van der Waals surface area contributed by atoms with E-state index in [4.69, 9.17) is 0 Å². The molecule has 2 aliphatic rings. The van der Waals surface area contributed by atoms with E-state index in [0.29, 0.717) is 23.6 Å². The number of carbonyl (C=O) groups excluding carboxylic acids is 1. The van der Waals surface area contributed by atoms with Gasteiger partial charge in [-0.25, -0.2) is 13.4 Å². The van der Waals surface area contributed by atoms with E-state index in [0.717, 1.165) is 0 Å². The third kappa shape index (κ3) is 2.58. The zero-order chi connectivity index (χ0) is 16.1. The molecule has 22 heavy (non-hydrogen) atoms. The molecule has 0 bridgehead atoms. The number of nitrogens with zero attached hydrogens (tertiary/aromatic N) is 3. The van der Waals surface area contributed by atoms with Crippen molar-refractivity contribution in [1.29, 1.82) is 0 Å². The summed E-state index contributed by atoms with van der Waals surface area (Å²) < 4.78 is 24.2. The van der Waals surface area contributed by atoms with E-state index in [1.165, 1.54) is 9.98 Å². The molecule has 0 N–H and O–H groups in total. The van der Waals surface area contributed by atoms with Crippen LogP contribution in [0, 0.1) is 12.8 Å². The second-order valence-corrected chi connectivity index (χ2v) is 7.75. The number of sulfone groups is 1. The summed E-state index contributed by atoms with van der Waals surface area (Å²) in [7, 11) is -1.50. The Bertz CT molecular complexity index is 838. The molecule has 3 heterocycles. The molecule has 0 aromatic carbocycles. The smallest absolute Gasteiger partial charge is 0.258 e. The molecule has 0 radical (unpaired) electrons. The Kier molecular flexibility index (Phi) is 3.43. The summed E-state index contributed by atoms with van der Waals surface area (Å²) in [6.07, 6.45) is 1.71. The summed E-state index contributed by atoms with van der Waals surface area (Å²) in [5, 5.41) is 1.17. The zero-order valence-electron chi connectivity index (χ0n) is 12.4. The molecule has 1 atom stereocenters. The Balaban J connectivity index is 1.74. The Morgan fingerprint density at radius 1 is 1.41 bits per heavy atom. The molecule has 1 aromatic heterocycles. The van der Waals surface area contributed by atoms with E-state index in [1.54, 1.807) is 24.9 Å². The standard InChI is InChI=1S/C14H17N3O4S/c1-9-15-12-7-17(6-11(12)14(19)16(9)2)13(18)5-10-3-4-22(20,21)8-10/h3-4,10H,5-8H2,1-2H3. The number of aryl methyl sites for hydroxylation is 1. The highest BCUT2D eigenvalue weighted by molar-refractivity contribution is 7.94. The Morgan fingerprint density at radius 3 is 2.77 bits per heavy atom. The van der Waals surface area contributed by atoms with E-state index >= 15 is 0 Å². The third-order valence-electron chi connectivity index (χ3n) is 4.18. The van der Waals surface area contributed by atoms with Gasteiger partial charge in [-0.2, -0.15) is 0 Å². The van der Waals surface area contributed by atoms with E-state index in [-0.39, 0.29) is 36.1 Å². The van der Waals surface area contributed by atoms with Crippen molar-refractivity contribution in [1.82, 2.24) is 14.5 Å². The van der Waals surface area contributed by atoms with Crippen molar-refractivity contribution in [3.8, 4) is 0 Å². The molecular weight excluding hydrogens is 306 g/mol. The predicted octanol–water partition coefficient (Wildman–Crippen LogP) is -0.121. The van der Waals surface area contributed by atoms with Crippen LogP contribution in [0.25, 0.3) is 0 Å². The maximum absolute atomic E-state index is 12.3. The van der Waals surface area contributed by atoms with Crippen LogP contribution in [0.1, 0.15) is 23.5 Å². The summed E-state index contributed by atoms with van der Waals surface area (Å²) in [5.74, 6) is 0.171. The SMILES string of the molecule is Cc1nc2c(c(=O)n1C)CN(C(=O)CC1C=CS(=O)(=O)C1)C2. The van der Waals surface area contributed by atoms with Crippen molar-refractivity contribution in [3.63, 3.8) is 0 Å². The number of hydrogen-bond donors (Lipinski definition) is 0. The molecule has 118 valence electrons. The van der Waals surface area contributed by atoms with Gasteiger partial charge in [-0.3, -0.25) is 14.2 Å². The first kappa shape index (κ1) is 15.0. The van der Waals surface area contributed by atoms with E-state index in [1.807, 2.05) is 0 Å². The Morgan fingerprint density at radius 2 is 2.14 bits per heavy atom. The highest BCUT2D eigenvalue weighted by atomic mass is 32.2. The quantitative estimate of drug-likeness (QED) is 0.757. The molecule has 1 unspecified atom stereocenters. The molecular formula is C14H17N3O4S. The number of aromatic nitrogens is 2. The fraction of sp³-hybridized carbons (Fsp3) is 0.500. The highest BCUT2D eigenvalue weighted by Crippen LogP contribution is 2.23. The van der Waals surface area contributed by atoms with Gasteiger partial charge < -0.3 is 4.90 Å². The van der Waals surface area contributed by atoms with E-state index < -0.39 is 9.84 Å². The number of hydrogen-bond acceptors (Lipinski definition) is 5. The number of rotatable bonds is 2. The lowest BCUT2D eigenvalue weighted by Crippen LogP contribution is -2.29. The highest BCUT2D eigenvalue weighted by Gasteiger charge is 2.31. The van der Waals surface area contributed by atoms with Crippen molar-refractivity contribution >= 4 is 15.7 Å². The number of amides is 1. The van der Waals surface area contributed by atoms with Gasteiger partial charge in [-0.05, 0) is 6.92 Å². The maximum atomic E-state index is 12.3. The molecule has 1 aromatic rings. The average Bonchev–Trinajstić information content (AvgIpc) is 3.00. The van der Waals surface area contributed by atoms with Gasteiger partial charge in [0, 0.05) is 24.8 Å². The van der Waals surface area contributed by atoms with Gasteiger partial charge in [-0.1, -0.05) is 6.08 Å². The predicted molar refractivity (Wildman–Crippen MR) is 79.5 cm³/mol. The van der Waals surface area contributed by atoms with Gasteiger partial charge in [0.25, 0.3) is 5.56 Å². The summed E-state index contributed by atoms with van der Waals surface area (Å²) in [6, 6.07) is 0. The van der Waals surface area contributed by atoms with Crippen LogP contribution in [-0.4, -0.2) is 34.5 Å². The Hall–Kier alpha value is -1.96. The van der Waals surface area contributed by atoms with Crippen LogP contribution in [0.15, 0.2) is 16.3 Å². The van der Waals surface area contributed by atoms with Crippen molar-refractivity contribution in [2.75, 3.05) is 5.75 Å². The van der Waals surface area contributed by atoms with Gasteiger partial charge in [-0.15, -0.1) is 0 Å². The minimum atomic E-state index is -3.15. The minimum Gasteiger partial charge on any atom is -0.332 e. The van der Waals surface area contributed by atoms with Crippen LogP contribution >= 0.6 is 0 Å². The summed E-state index contributed by atoms with van der Waals surface area (Å²) in [4.78, 5) is 30.4. The number of allylic oxidation sites excluding steroid dienone is 1. The second kappa shape index (κ2) is 5.05. The summed E-state index contributed by atoms with van der Waals surface area (Å²) >= 11 is 0. The minimum absolute atomic E-state index is 0.0152. The monoisotopic (exact) mass is 323 g/mol. The molecule has 3 rings (SSSR count). The van der Waals surface area contributed by atoms with E-state index in [2.05, 4.69) is 4.98 Å². The van der Waals surface area contributed by atoms with Crippen LogP contribution < -0.4 is 5.56 Å². The number of carbonyl (C=O) groups is 1. The largest absolute Gasteiger partial charge is 0.332 e. The van der Waals surface area contributed by atoms with Gasteiger partial charge >= 0.3 is 0 Å². The van der Waals surface area contributed by atoms with Gasteiger partial charge in [0.1, 0.15) is 5.82 Å². The molecule has 0 aliphatic carbocycles. The van der Waals surface area contributed by atoms with Gasteiger partial charge in [0.15, 0.2) is 9.84 Å². The molecule has 0 saturated heterocycles. The molecule has 8 heteroatoms. The molecule has 2 aliphatic heterocycles. The molecule has 7 nitrogen and oxygen atoms in total. The van der Waals surface area contributed by atoms with Crippen molar-refractivity contribution in [2.24, 2.45) is 13.0 Å². The topological polar surface area (TPSA) is 89.3 Å². The molecule has 0 spiro atoms. The lowest BCUT2D eigenvalue weighted by Gasteiger charge is -2.16. The van der Waals surface area contributed by atoms with Gasteiger partial charge in [0.2, 0.25) is 5.91 Å². The van der Waals surface area contributed by atoms with Crippen LogP contribution in [-0.2, 0) is 34.8 Å². The van der Waals surface area contributed by atoms with Crippen molar-refractivity contribution in [2.45, 2.75) is 26.4 Å². The van der Waals surface area contributed by atoms with Crippen molar-refractivity contribution in [3.05, 3.63) is 38.9 Å². The normalized spacial score (nSPS) is 22.1. The molecule has 1 amide bonds. The zero-order valence-corrected chi connectivity index (χ0v) is 13.3. The first-order valence-corrected chi connectivity index (χ1v) is 8.72.